The monoisotopic (exact) mass is 215 g/mol. The van der Waals surface area contributed by atoms with Gasteiger partial charge in [-0.2, -0.15) is 0 Å². The van der Waals surface area contributed by atoms with Gasteiger partial charge < -0.3 is 5.32 Å². The Morgan fingerprint density at radius 1 is 1.50 bits per heavy atom. The van der Waals surface area contributed by atoms with E-state index in [-0.39, 0.29) is 5.91 Å². The van der Waals surface area contributed by atoms with Crippen molar-refractivity contribution in [3.05, 3.63) is 35.4 Å². The lowest BCUT2D eigenvalue weighted by molar-refractivity contribution is -0.115. The zero-order valence-corrected chi connectivity index (χ0v) is 9.79. The second-order valence-corrected chi connectivity index (χ2v) is 4.36. The number of hydrogen-bond acceptors (Lipinski definition) is 1. The van der Waals surface area contributed by atoms with Crippen molar-refractivity contribution in [3.8, 4) is 0 Å². The number of fused-ring (bicyclic) bond motifs is 1. The minimum atomic E-state index is 0.0631. The number of allylic oxidation sites excluding steroid dienone is 1. The molecule has 1 aromatic rings. The quantitative estimate of drug-likeness (QED) is 0.806. The number of benzene rings is 1. The van der Waals surface area contributed by atoms with Crippen molar-refractivity contribution in [1.82, 2.24) is 0 Å². The highest BCUT2D eigenvalue weighted by atomic mass is 16.1. The zero-order chi connectivity index (χ0) is 11.5. The third-order valence-electron chi connectivity index (χ3n) is 2.90. The third kappa shape index (κ3) is 2.32. The summed E-state index contributed by atoms with van der Waals surface area (Å²) in [6, 6.07) is 6.14. The van der Waals surface area contributed by atoms with Gasteiger partial charge in [0, 0.05) is 12.1 Å². The molecule has 2 heteroatoms. The number of rotatable bonds is 2. The predicted octanol–water partition coefficient (Wildman–Crippen LogP) is 3.24. The van der Waals surface area contributed by atoms with Crippen LogP contribution in [0.25, 0.3) is 6.08 Å². The molecular weight excluding hydrogens is 198 g/mol. The van der Waals surface area contributed by atoms with Gasteiger partial charge in [0.15, 0.2) is 0 Å². The second-order valence-electron chi connectivity index (χ2n) is 4.36. The SMILES string of the molecule is CCC(=O)Nc1ccc2c(c1)C=C[C@@H](C)C2. The van der Waals surface area contributed by atoms with E-state index in [2.05, 4.69) is 30.5 Å². The highest BCUT2D eigenvalue weighted by Crippen LogP contribution is 2.25. The summed E-state index contributed by atoms with van der Waals surface area (Å²) < 4.78 is 0. The van der Waals surface area contributed by atoms with E-state index >= 15 is 0 Å². The van der Waals surface area contributed by atoms with E-state index in [1.165, 1.54) is 11.1 Å². The average Bonchev–Trinajstić information content (AvgIpc) is 2.29. The van der Waals surface area contributed by atoms with Crippen molar-refractivity contribution < 1.29 is 4.79 Å². The highest BCUT2D eigenvalue weighted by molar-refractivity contribution is 5.90. The summed E-state index contributed by atoms with van der Waals surface area (Å²) in [6.45, 7) is 4.07. The summed E-state index contributed by atoms with van der Waals surface area (Å²) in [6.07, 6.45) is 5.97. The molecule has 2 nitrogen and oxygen atoms in total. The maximum Gasteiger partial charge on any atom is 0.224 e. The van der Waals surface area contributed by atoms with E-state index in [4.69, 9.17) is 0 Å². The zero-order valence-electron chi connectivity index (χ0n) is 9.79. The number of hydrogen-bond donors (Lipinski definition) is 1. The maximum absolute atomic E-state index is 11.3. The molecule has 0 unspecified atom stereocenters. The van der Waals surface area contributed by atoms with Crippen molar-refractivity contribution in [3.63, 3.8) is 0 Å². The van der Waals surface area contributed by atoms with Crippen LogP contribution in [0.4, 0.5) is 5.69 Å². The normalized spacial score (nSPS) is 18.0. The predicted molar refractivity (Wildman–Crippen MR) is 67.3 cm³/mol. The molecule has 0 saturated heterocycles. The van der Waals surface area contributed by atoms with E-state index in [1.807, 2.05) is 19.1 Å². The molecule has 1 amide bonds. The Morgan fingerprint density at radius 2 is 2.31 bits per heavy atom. The van der Waals surface area contributed by atoms with Gasteiger partial charge in [-0.05, 0) is 35.6 Å². The molecule has 1 aliphatic rings. The van der Waals surface area contributed by atoms with Crippen LogP contribution in [0.3, 0.4) is 0 Å². The molecule has 0 radical (unpaired) electrons. The topological polar surface area (TPSA) is 29.1 Å². The van der Waals surface area contributed by atoms with Crippen LogP contribution < -0.4 is 5.32 Å². The first kappa shape index (κ1) is 10.9. The summed E-state index contributed by atoms with van der Waals surface area (Å²) >= 11 is 0. The highest BCUT2D eigenvalue weighted by Gasteiger charge is 2.10. The molecule has 0 spiro atoms. The van der Waals surface area contributed by atoms with Crippen LogP contribution in [-0.2, 0) is 11.2 Å². The van der Waals surface area contributed by atoms with Gasteiger partial charge in [-0.25, -0.2) is 0 Å². The largest absolute Gasteiger partial charge is 0.326 e. The molecule has 0 heterocycles. The van der Waals surface area contributed by atoms with Gasteiger partial charge in [-0.15, -0.1) is 0 Å². The van der Waals surface area contributed by atoms with Crippen LogP contribution in [0.5, 0.6) is 0 Å². The number of carbonyl (C=O) groups is 1. The molecule has 1 aliphatic carbocycles. The van der Waals surface area contributed by atoms with Crippen LogP contribution in [0.1, 0.15) is 31.4 Å². The first-order valence-corrected chi connectivity index (χ1v) is 5.80. The van der Waals surface area contributed by atoms with Gasteiger partial charge in [0.1, 0.15) is 0 Å². The minimum Gasteiger partial charge on any atom is -0.326 e. The molecule has 0 aliphatic heterocycles. The van der Waals surface area contributed by atoms with E-state index in [0.717, 1.165) is 12.1 Å². The molecule has 0 bridgehead atoms. The fourth-order valence-electron chi connectivity index (χ4n) is 1.95. The molecule has 1 N–H and O–H groups in total. The van der Waals surface area contributed by atoms with E-state index in [1.54, 1.807) is 0 Å². The fraction of sp³-hybridized carbons (Fsp3) is 0.357. The first-order valence-electron chi connectivity index (χ1n) is 5.80. The van der Waals surface area contributed by atoms with Gasteiger partial charge in [-0.3, -0.25) is 4.79 Å². The molecule has 16 heavy (non-hydrogen) atoms. The average molecular weight is 215 g/mol. The Balaban J connectivity index is 2.22. The Labute approximate surface area is 96.4 Å². The fourth-order valence-corrected chi connectivity index (χ4v) is 1.95. The van der Waals surface area contributed by atoms with Crippen LogP contribution >= 0.6 is 0 Å². The van der Waals surface area contributed by atoms with Crippen molar-refractivity contribution in [1.29, 1.82) is 0 Å². The van der Waals surface area contributed by atoms with Crippen molar-refractivity contribution in [2.24, 2.45) is 5.92 Å². The third-order valence-corrected chi connectivity index (χ3v) is 2.90. The summed E-state index contributed by atoms with van der Waals surface area (Å²) in [7, 11) is 0. The van der Waals surface area contributed by atoms with Gasteiger partial charge in [0.05, 0.1) is 0 Å². The first-order chi connectivity index (χ1) is 7.69. The molecular formula is C14H17NO. The Hall–Kier alpha value is -1.57. The van der Waals surface area contributed by atoms with Gasteiger partial charge in [0.25, 0.3) is 0 Å². The Bertz CT molecular complexity index is 434. The van der Waals surface area contributed by atoms with Crippen molar-refractivity contribution in [2.45, 2.75) is 26.7 Å². The van der Waals surface area contributed by atoms with E-state index < -0.39 is 0 Å². The van der Waals surface area contributed by atoms with Gasteiger partial charge >= 0.3 is 0 Å². The molecule has 1 aromatic carbocycles. The summed E-state index contributed by atoms with van der Waals surface area (Å²) in [5.41, 5.74) is 3.49. The number of carbonyl (C=O) groups excluding carboxylic acids is 1. The van der Waals surface area contributed by atoms with E-state index in [0.29, 0.717) is 12.3 Å². The second kappa shape index (κ2) is 4.52. The lowest BCUT2D eigenvalue weighted by atomic mass is 9.90. The summed E-state index contributed by atoms with van der Waals surface area (Å²) in [5, 5.41) is 2.88. The standard InChI is InChI=1S/C14H17NO/c1-3-14(16)15-13-7-6-11-8-10(2)4-5-12(11)9-13/h4-7,9-10H,3,8H2,1-2H3,(H,15,16)/t10-/m1/s1. The number of nitrogens with one attached hydrogen (secondary N) is 1. The van der Waals surface area contributed by atoms with E-state index in [9.17, 15) is 4.79 Å². The van der Waals surface area contributed by atoms with Gasteiger partial charge in [-0.1, -0.05) is 32.1 Å². The maximum atomic E-state index is 11.3. The molecule has 0 saturated carbocycles. The lowest BCUT2D eigenvalue weighted by Crippen LogP contribution is -2.10. The Morgan fingerprint density at radius 3 is 3.06 bits per heavy atom. The van der Waals surface area contributed by atoms with Crippen LogP contribution in [0.2, 0.25) is 0 Å². The van der Waals surface area contributed by atoms with Crippen LogP contribution in [0, 0.1) is 5.92 Å². The number of anilines is 1. The summed E-state index contributed by atoms with van der Waals surface area (Å²) in [4.78, 5) is 11.3. The van der Waals surface area contributed by atoms with Crippen LogP contribution in [0.15, 0.2) is 24.3 Å². The van der Waals surface area contributed by atoms with Gasteiger partial charge in [0.2, 0.25) is 5.91 Å². The molecule has 84 valence electrons. The molecule has 2 rings (SSSR count). The smallest absolute Gasteiger partial charge is 0.224 e. The number of amides is 1. The lowest BCUT2D eigenvalue weighted by Gasteiger charge is -2.16. The van der Waals surface area contributed by atoms with Crippen molar-refractivity contribution >= 4 is 17.7 Å². The van der Waals surface area contributed by atoms with Crippen molar-refractivity contribution in [2.75, 3.05) is 5.32 Å². The van der Waals surface area contributed by atoms with Crippen LogP contribution in [-0.4, -0.2) is 5.91 Å². The molecule has 1 atom stereocenters. The Kier molecular flexibility index (Phi) is 3.09. The summed E-state index contributed by atoms with van der Waals surface area (Å²) in [5.74, 6) is 0.677. The molecule has 0 aromatic heterocycles. The minimum absolute atomic E-state index is 0.0631. The molecule has 0 fully saturated rings.